The maximum atomic E-state index is 6.11. The highest BCUT2D eigenvalue weighted by atomic mass is 16.5. The van der Waals surface area contributed by atoms with Gasteiger partial charge in [0.1, 0.15) is 5.75 Å². The second-order valence-corrected chi connectivity index (χ2v) is 8.27. The number of hydrogen-bond donors (Lipinski definition) is 0. The van der Waals surface area contributed by atoms with E-state index in [1.54, 1.807) is 13.3 Å². The summed E-state index contributed by atoms with van der Waals surface area (Å²) in [7, 11) is 1.69. The molecule has 0 amide bonds. The molecule has 1 aromatic heterocycles. The van der Waals surface area contributed by atoms with E-state index in [0.29, 0.717) is 12.5 Å². The molecule has 4 rings (SSSR count). The molecule has 0 spiro atoms. The van der Waals surface area contributed by atoms with Crippen LogP contribution < -0.4 is 9.47 Å². The Balaban J connectivity index is 1.28. The van der Waals surface area contributed by atoms with Gasteiger partial charge in [0.15, 0.2) is 0 Å². The van der Waals surface area contributed by atoms with E-state index in [-0.39, 0.29) is 0 Å². The maximum absolute atomic E-state index is 6.11. The summed E-state index contributed by atoms with van der Waals surface area (Å²) in [6.45, 7) is 3.75. The van der Waals surface area contributed by atoms with Crippen molar-refractivity contribution >= 4 is 6.08 Å². The van der Waals surface area contributed by atoms with Crippen LogP contribution in [0.4, 0.5) is 0 Å². The molecule has 3 aromatic rings. The molecule has 0 atom stereocenters. The van der Waals surface area contributed by atoms with Gasteiger partial charge in [-0.1, -0.05) is 66.7 Å². The average molecular weight is 429 g/mol. The molecule has 0 N–H and O–H groups in total. The SMILES string of the molecule is COc1ncccc1CN1CCC(/C=C/c2ccccc2OCCc2ccccc2)CC1. The van der Waals surface area contributed by atoms with E-state index >= 15 is 0 Å². The van der Waals surface area contributed by atoms with Crippen LogP contribution in [0.15, 0.2) is 79.0 Å². The van der Waals surface area contributed by atoms with Crippen LogP contribution in [-0.2, 0) is 13.0 Å². The Hall–Kier alpha value is -3.11. The van der Waals surface area contributed by atoms with Crippen LogP contribution in [-0.4, -0.2) is 36.7 Å². The van der Waals surface area contributed by atoms with Gasteiger partial charge in [-0.25, -0.2) is 4.98 Å². The second-order valence-electron chi connectivity index (χ2n) is 8.27. The minimum absolute atomic E-state index is 0.597. The van der Waals surface area contributed by atoms with Crippen LogP contribution >= 0.6 is 0 Å². The van der Waals surface area contributed by atoms with Gasteiger partial charge in [0, 0.05) is 30.3 Å². The molecule has 1 fully saturated rings. The second kappa shape index (κ2) is 11.5. The first-order valence-corrected chi connectivity index (χ1v) is 11.5. The third-order valence-electron chi connectivity index (χ3n) is 6.03. The number of benzene rings is 2. The quantitative estimate of drug-likeness (QED) is 0.442. The Kier molecular flexibility index (Phi) is 7.94. The van der Waals surface area contributed by atoms with Crippen LogP contribution in [0.5, 0.6) is 11.6 Å². The fourth-order valence-electron chi connectivity index (χ4n) is 4.19. The number of methoxy groups -OCH3 is 1. The van der Waals surface area contributed by atoms with E-state index in [9.17, 15) is 0 Å². The minimum Gasteiger partial charge on any atom is -0.493 e. The number of allylic oxidation sites excluding steroid dienone is 1. The standard InChI is InChI=1S/C28H32N2O2/c1-31-28-26(11-7-18-29-28)22-30-19-15-24(16-20-30)13-14-25-10-5-6-12-27(25)32-21-17-23-8-3-2-4-9-23/h2-14,18,24H,15-17,19-22H2,1H3/b14-13+. The van der Waals surface area contributed by atoms with Gasteiger partial charge in [-0.05, 0) is 49.5 Å². The normalized spacial score (nSPS) is 15.2. The molecule has 4 nitrogen and oxygen atoms in total. The van der Waals surface area contributed by atoms with Crippen molar-refractivity contribution < 1.29 is 9.47 Å². The summed E-state index contributed by atoms with van der Waals surface area (Å²) in [5, 5.41) is 0. The van der Waals surface area contributed by atoms with Gasteiger partial charge < -0.3 is 9.47 Å². The number of hydrogen-bond acceptors (Lipinski definition) is 4. The summed E-state index contributed by atoms with van der Waals surface area (Å²) >= 11 is 0. The van der Waals surface area contributed by atoms with Crippen molar-refractivity contribution in [3.8, 4) is 11.6 Å². The number of ether oxygens (including phenoxy) is 2. The van der Waals surface area contributed by atoms with Crippen LogP contribution in [0.3, 0.4) is 0 Å². The largest absolute Gasteiger partial charge is 0.493 e. The number of aromatic nitrogens is 1. The average Bonchev–Trinajstić information content (AvgIpc) is 2.85. The van der Waals surface area contributed by atoms with Crippen molar-refractivity contribution in [3.63, 3.8) is 0 Å². The molecule has 2 heterocycles. The third kappa shape index (κ3) is 6.21. The molecule has 0 saturated carbocycles. The first kappa shape index (κ1) is 22.1. The monoisotopic (exact) mass is 428 g/mol. The van der Waals surface area contributed by atoms with Gasteiger partial charge in [0.05, 0.1) is 13.7 Å². The van der Waals surface area contributed by atoms with Crippen molar-refractivity contribution in [1.29, 1.82) is 0 Å². The summed E-state index contributed by atoms with van der Waals surface area (Å²) in [5.74, 6) is 2.29. The topological polar surface area (TPSA) is 34.6 Å². The summed E-state index contributed by atoms with van der Waals surface area (Å²) in [6, 6.07) is 22.9. The van der Waals surface area contributed by atoms with Crippen LogP contribution in [0.25, 0.3) is 6.08 Å². The molecular formula is C28H32N2O2. The zero-order valence-corrected chi connectivity index (χ0v) is 18.8. The maximum Gasteiger partial charge on any atom is 0.217 e. The Labute approximate surface area is 191 Å². The fraction of sp³-hybridized carbons (Fsp3) is 0.321. The number of likely N-dealkylation sites (tertiary alicyclic amines) is 1. The zero-order chi connectivity index (χ0) is 22.0. The van der Waals surface area contributed by atoms with Gasteiger partial charge in [0.2, 0.25) is 5.88 Å². The van der Waals surface area contributed by atoms with E-state index in [1.807, 2.05) is 18.2 Å². The third-order valence-corrected chi connectivity index (χ3v) is 6.03. The first-order chi connectivity index (χ1) is 15.8. The number of piperidine rings is 1. The molecule has 0 aliphatic carbocycles. The lowest BCUT2D eigenvalue weighted by Crippen LogP contribution is -2.32. The van der Waals surface area contributed by atoms with Crippen molar-refractivity contribution in [2.24, 2.45) is 5.92 Å². The van der Waals surface area contributed by atoms with Crippen LogP contribution in [0.2, 0.25) is 0 Å². The molecule has 0 bridgehead atoms. The molecule has 4 heteroatoms. The Morgan fingerprint density at radius 1 is 0.969 bits per heavy atom. The summed E-state index contributed by atoms with van der Waals surface area (Å²) in [5.41, 5.74) is 3.62. The molecular weight excluding hydrogens is 396 g/mol. The summed E-state index contributed by atoms with van der Waals surface area (Å²) < 4.78 is 11.5. The van der Waals surface area contributed by atoms with Crippen LogP contribution in [0.1, 0.15) is 29.5 Å². The number of rotatable bonds is 9. The minimum atomic E-state index is 0.597. The summed E-state index contributed by atoms with van der Waals surface area (Å²) in [4.78, 5) is 6.81. The molecule has 0 unspecified atom stereocenters. The van der Waals surface area contributed by atoms with Crippen molar-refractivity contribution in [3.05, 3.63) is 95.7 Å². The highest BCUT2D eigenvalue weighted by molar-refractivity contribution is 5.57. The molecule has 166 valence electrons. The number of para-hydroxylation sites is 1. The Morgan fingerprint density at radius 3 is 2.56 bits per heavy atom. The first-order valence-electron chi connectivity index (χ1n) is 11.5. The zero-order valence-electron chi connectivity index (χ0n) is 18.8. The predicted molar refractivity (Wildman–Crippen MR) is 130 cm³/mol. The Bertz CT molecular complexity index is 995. The van der Waals surface area contributed by atoms with Crippen molar-refractivity contribution in [2.75, 3.05) is 26.8 Å². The van der Waals surface area contributed by atoms with E-state index in [4.69, 9.17) is 9.47 Å². The van der Waals surface area contributed by atoms with Gasteiger partial charge in [0.25, 0.3) is 0 Å². The molecule has 1 saturated heterocycles. The molecule has 1 aliphatic heterocycles. The van der Waals surface area contributed by atoms with E-state index in [1.165, 1.54) is 5.56 Å². The van der Waals surface area contributed by atoms with E-state index < -0.39 is 0 Å². The van der Waals surface area contributed by atoms with Gasteiger partial charge in [-0.2, -0.15) is 0 Å². The number of pyridine rings is 1. The molecule has 0 radical (unpaired) electrons. The highest BCUT2D eigenvalue weighted by Gasteiger charge is 2.18. The van der Waals surface area contributed by atoms with E-state index in [0.717, 1.165) is 61.7 Å². The van der Waals surface area contributed by atoms with Crippen molar-refractivity contribution in [2.45, 2.75) is 25.8 Å². The lowest BCUT2D eigenvalue weighted by molar-refractivity contribution is 0.193. The van der Waals surface area contributed by atoms with Gasteiger partial charge in [-0.3, -0.25) is 4.90 Å². The Morgan fingerprint density at radius 2 is 1.75 bits per heavy atom. The van der Waals surface area contributed by atoms with Gasteiger partial charge in [-0.15, -0.1) is 0 Å². The predicted octanol–water partition coefficient (Wildman–Crippen LogP) is 5.64. The van der Waals surface area contributed by atoms with Crippen LogP contribution in [0, 0.1) is 5.92 Å². The molecule has 2 aromatic carbocycles. The number of nitrogens with zero attached hydrogens (tertiary/aromatic N) is 2. The van der Waals surface area contributed by atoms with Crippen molar-refractivity contribution in [1.82, 2.24) is 9.88 Å². The van der Waals surface area contributed by atoms with E-state index in [2.05, 4.69) is 70.6 Å². The lowest BCUT2D eigenvalue weighted by Gasteiger charge is -2.30. The molecule has 1 aliphatic rings. The fourth-order valence-corrected chi connectivity index (χ4v) is 4.19. The molecule has 32 heavy (non-hydrogen) atoms. The lowest BCUT2D eigenvalue weighted by atomic mass is 9.95. The highest BCUT2D eigenvalue weighted by Crippen LogP contribution is 2.25. The smallest absolute Gasteiger partial charge is 0.217 e. The van der Waals surface area contributed by atoms with Gasteiger partial charge >= 0.3 is 0 Å². The summed E-state index contributed by atoms with van der Waals surface area (Å²) in [6.07, 6.45) is 9.62.